The second-order valence-corrected chi connectivity index (χ2v) is 5.45. The third-order valence-electron chi connectivity index (χ3n) is 4.33. The lowest BCUT2D eigenvalue weighted by molar-refractivity contribution is 0.342. The van der Waals surface area contributed by atoms with E-state index >= 15 is 0 Å². The number of aryl methyl sites for hydroxylation is 1. The molecule has 2 atom stereocenters. The van der Waals surface area contributed by atoms with Gasteiger partial charge in [0.15, 0.2) is 0 Å². The molecule has 0 aliphatic heterocycles. The van der Waals surface area contributed by atoms with Crippen LogP contribution in [0.2, 0.25) is 0 Å². The van der Waals surface area contributed by atoms with Gasteiger partial charge in [-0.2, -0.15) is 0 Å². The van der Waals surface area contributed by atoms with Gasteiger partial charge in [-0.1, -0.05) is 54.6 Å². The lowest BCUT2D eigenvalue weighted by Gasteiger charge is -2.31. The zero-order valence-corrected chi connectivity index (χ0v) is 11.5. The summed E-state index contributed by atoms with van der Waals surface area (Å²) in [5.41, 5.74) is 4.49. The van der Waals surface area contributed by atoms with Crippen LogP contribution < -0.4 is 5.32 Å². The van der Waals surface area contributed by atoms with Crippen LogP contribution in [0.15, 0.2) is 54.6 Å². The van der Waals surface area contributed by atoms with Crippen molar-refractivity contribution in [2.24, 2.45) is 5.92 Å². The Morgan fingerprint density at radius 2 is 1.63 bits per heavy atom. The van der Waals surface area contributed by atoms with Gasteiger partial charge in [0.1, 0.15) is 0 Å². The highest BCUT2D eigenvalue weighted by Gasteiger charge is 2.25. The van der Waals surface area contributed by atoms with Crippen LogP contribution in [0.1, 0.15) is 29.2 Å². The Balaban J connectivity index is 1.83. The Morgan fingerprint density at radius 1 is 0.947 bits per heavy atom. The van der Waals surface area contributed by atoms with Crippen LogP contribution in [-0.4, -0.2) is 7.05 Å². The second-order valence-electron chi connectivity index (χ2n) is 5.45. The first-order chi connectivity index (χ1) is 9.38. The molecule has 2 aromatic rings. The van der Waals surface area contributed by atoms with Crippen molar-refractivity contribution in [2.75, 3.05) is 7.05 Å². The van der Waals surface area contributed by atoms with Crippen LogP contribution in [0.25, 0.3) is 0 Å². The molecule has 0 spiro atoms. The van der Waals surface area contributed by atoms with Crippen molar-refractivity contribution in [1.82, 2.24) is 5.32 Å². The van der Waals surface area contributed by atoms with Gasteiger partial charge in [0.25, 0.3) is 0 Å². The molecular formula is C18H21N. The minimum absolute atomic E-state index is 0.467. The molecule has 0 aromatic heterocycles. The molecule has 3 rings (SSSR count). The van der Waals surface area contributed by atoms with Crippen molar-refractivity contribution in [1.29, 1.82) is 0 Å². The van der Waals surface area contributed by atoms with Gasteiger partial charge in [0.2, 0.25) is 0 Å². The van der Waals surface area contributed by atoms with Gasteiger partial charge in [0, 0.05) is 6.04 Å². The lowest BCUT2D eigenvalue weighted by Crippen LogP contribution is -2.29. The molecule has 0 fully saturated rings. The monoisotopic (exact) mass is 251 g/mol. The predicted octanol–water partition coefficient (Wildman–Crippen LogP) is 3.75. The fourth-order valence-electron chi connectivity index (χ4n) is 3.35. The Bertz CT molecular complexity index is 532. The number of hydrogen-bond acceptors (Lipinski definition) is 1. The number of fused-ring (bicyclic) bond motifs is 1. The molecular weight excluding hydrogens is 230 g/mol. The largest absolute Gasteiger partial charge is 0.313 e. The van der Waals surface area contributed by atoms with Crippen molar-refractivity contribution in [3.05, 3.63) is 71.3 Å². The fourth-order valence-corrected chi connectivity index (χ4v) is 3.35. The third-order valence-corrected chi connectivity index (χ3v) is 4.33. The topological polar surface area (TPSA) is 12.0 Å². The molecule has 2 unspecified atom stereocenters. The molecule has 0 heterocycles. The molecule has 0 saturated carbocycles. The molecule has 2 aromatic carbocycles. The number of rotatable bonds is 3. The van der Waals surface area contributed by atoms with E-state index in [4.69, 9.17) is 0 Å². The van der Waals surface area contributed by atoms with Crippen LogP contribution in [0.5, 0.6) is 0 Å². The summed E-state index contributed by atoms with van der Waals surface area (Å²) >= 11 is 0. The standard InChI is InChI=1S/C18H21N/c1-19-18(15-8-3-2-4-9-15)17-12-11-14-7-5-6-10-16(14)13-17/h2-10,17-19H,11-13H2,1H3. The van der Waals surface area contributed by atoms with E-state index in [0.29, 0.717) is 12.0 Å². The summed E-state index contributed by atoms with van der Waals surface area (Å²) in [6.07, 6.45) is 3.68. The van der Waals surface area contributed by atoms with E-state index in [-0.39, 0.29) is 0 Å². The molecule has 0 amide bonds. The molecule has 0 bridgehead atoms. The van der Waals surface area contributed by atoms with E-state index in [1.165, 1.54) is 30.4 Å². The smallest absolute Gasteiger partial charge is 0.0349 e. The minimum atomic E-state index is 0.467. The predicted molar refractivity (Wildman–Crippen MR) is 80.2 cm³/mol. The maximum absolute atomic E-state index is 3.52. The molecule has 0 radical (unpaired) electrons. The van der Waals surface area contributed by atoms with Crippen molar-refractivity contribution in [3.8, 4) is 0 Å². The Labute approximate surface area is 115 Å². The highest BCUT2D eigenvalue weighted by molar-refractivity contribution is 5.31. The Kier molecular flexibility index (Phi) is 3.65. The van der Waals surface area contributed by atoms with E-state index in [9.17, 15) is 0 Å². The normalized spacial score (nSPS) is 19.7. The number of nitrogens with one attached hydrogen (secondary N) is 1. The number of hydrogen-bond donors (Lipinski definition) is 1. The highest BCUT2D eigenvalue weighted by atomic mass is 14.9. The lowest BCUT2D eigenvalue weighted by atomic mass is 9.78. The number of benzene rings is 2. The molecule has 1 N–H and O–H groups in total. The summed E-state index contributed by atoms with van der Waals surface area (Å²) in [5.74, 6) is 0.697. The molecule has 1 nitrogen and oxygen atoms in total. The van der Waals surface area contributed by atoms with Crippen LogP contribution in [0.3, 0.4) is 0 Å². The van der Waals surface area contributed by atoms with Gasteiger partial charge in [0.05, 0.1) is 0 Å². The quantitative estimate of drug-likeness (QED) is 0.876. The van der Waals surface area contributed by atoms with E-state index in [1.54, 1.807) is 5.56 Å². The first-order valence-electron chi connectivity index (χ1n) is 7.17. The van der Waals surface area contributed by atoms with Crippen LogP contribution in [-0.2, 0) is 12.8 Å². The summed E-state index contributed by atoms with van der Waals surface area (Å²) in [4.78, 5) is 0. The van der Waals surface area contributed by atoms with Crippen molar-refractivity contribution in [3.63, 3.8) is 0 Å². The summed E-state index contributed by atoms with van der Waals surface area (Å²) in [6.45, 7) is 0. The second kappa shape index (κ2) is 5.58. The SMILES string of the molecule is CNC(c1ccccc1)C1CCc2ccccc2C1. The van der Waals surface area contributed by atoms with Gasteiger partial charge < -0.3 is 5.32 Å². The maximum Gasteiger partial charge on any atom is 0.0349 e. The first-order valence-corrected chi connectivity index (χ1v) is 7.17. The summed E-state index contributed by atoms with van der Waals surface area (Å²) in [7, 11) is 2.08. The van der Waals surface area contributed by atoms with Crippen LogP contribution in [0.4, 0.5) is 0 Å². The van der Waals surface area contributed by atoms with Gasteiger partial charge in [-0.05, 0) is 48.9 Å². The molecule has 1 aliphatic rings. The van der Waals surface area contributed by atoms with E-state index in [2.05, 4.69) is 67.0 Å². The zero-order chi connectivity index (χ0) is 13.1. The fraction of sp³-hybridized carbons (Fsp3) is 0.333. The van der Waals surface area contributed by atoms with Gasteiger partial charge >= 0.3 is 0 Å². The third kappa shape index (κ3) is 2.57. The average Bonchev–Trinajstić information content (AvgIpc) is 2.49. The maximum atomic E-state index is 3.52. The van der Waals surface area contributed by atoms with Gasteiger partial charge in [-0.3, -0.25) is 0 Å². The Morgan fingerprint density at radius 3 is 2.37 bits per heavy atom. The van der Waals surface area contributed by atoms with Crippen LogP contribution >= 0.6 is 0 Å². The summed E-state index contributed by atoms with van der Waals surface area (Å²) in [5, 5.41) is 3.52. The van der Waals surface area contributed by atoms with Crippen LogP contribution in [0, 0.1) is 5.92 Å². The molecule has 1 heteroatoms. The molecule has 1 aliphatic carbocycles. The van der Waals surface area contributed by atoms with E-state index in [0.717, 1.165) is 0 Å². The zero-order valence-electron chi connectivity index (χ0n) is 11.5. The van der Waals surface area contributed by atoms with E-state index < -0.39 is 0 Å². The molecule has 98 valence electrons. The van der Waals surface area contributed by atoms with Gasteiger partial charge in [-0.15, -0.1) is 0 Å². The summed E-state index contributed by atoms with van der Waals surface area (Å²) in [6, 6.07) is 20.2. The van der Waals surface area contributed by atoms with Crippen molar-refractivity contribution >= 4 is 0 Å². The highest BCUT2D eigenvalue weighted by Crippen LogP contribution is 2.33. The molecule has 0 saturated heterocycles. The minimum Gasteiger partial charge on any atom is -0.313 e. The van der Waals surface area contributed by atoms with Crippen molar-refractivity contribution < 1.29 is 0 Å². The van der Waals surface area contributed by atoms with Crippen molar-refractivity contribution in [2.45, 2.75) is 25.3 Å². The average molecular weight is 251 g/mol. The van der Waals surface area contributed by atoms with E-state index in [1.807, 2.05) is 0 Å². The first kappa shape index (κ1) is 12.4. The Hall–Kier alpha value is -1.60. The molecule has 19 heavy (non-hydrogen) atoms. The summed E-state index contributed by atoms with van der Waals surface area (Å²) < 4.78 is 0. The van der Waals surface area contributed by atoms with Gasteiger partial charge in [-0.25, -0.2) is 0 Å².